The van der Waals surface area contributed by atoms with Crippen molar-refractivity contribution < 1.29 is 5.11 Å². The van der Waals surface area contributed by atoms with Crippen molar-refractivity contribution >= 4 is 0 Å². The standard InChI is InChI=1S/C15H24N2O/c1-12(15(18)13-8-5-4-6-9-13)17(3)14-10-7-11-16(14)2/h4-6,8-9,12,14-15,18H,7,10-11H2,1-3H3/t12-,14-,15-/m1/s1. The number of hydrogen-bond donors (Lipinski definition) is 1. The van der Waals surface area contributed by atoms with E-state index in [9.17, 15) is 5.11 Å². The first kappa shape index (κ1) is 13.5. The molecule has 1 saturated heterocycles. The van der Waals surface area contributed by atoms with Gasteiger partial charge in [0.05, 0.1) is 12.3 Å². The van der Waals surface area contributed by atoms with Crippen LogP contribution in [0.4, 0.5) is 0 Å². The Bertz CT molecular complexity index is 368. The number of hydrogen-bond acceptors (Lipinski definition) is 3. The first-order valence-corrected chi connectivity index (χ1v) is 6.76. The highest BCUT2D eigenvalue weighted by atomic mass is 16.3. The molecule has 0 spiro atoms. The van der Waals surface area contributed by atoms with Gasteiger partial charge in [-0.05, 0) is 46.0 Å². The van der Waals surface area contributed by atoms with Crippen LogP contribution in [0, 0.1) is 0 Å². The van der Waals surface area contributed by atoms with Crippen molar-refractivity contribution in [2.24, 2.45) is 0 Å². The maximum Gasteiger partial charge on any atom is 0.0942 e. The lowest BCUT2D eigenvalue weighted by Gasteiger charge is -2.37. The van der Waals surface area contributed by atoms with Crippen LogP contribution in [-0.2, 0) is 0 Å². The molecule has 1 aliphatic rings. The Morgan fingerprint density at radius 1 is 1.33 bits per heavy atom. The van der Waals surface area contributed by atoms with Crippen LogP contribution in [0.1, 0.15) is 31.4 Å². The van der Waals surface area contributed by atoms with Crippen LogP contribution in [0.3, 0.4) is 0 Å². The topological polar surface area (TPSA) is 26.7 Å². The van der Waals surface area contributed by atoms with Gasteiger partial charge in [-0.1, -0.05) is 30.3 Å². The second-order valence-electron chi connectivity index (χ2n) is 5.37. The van der Waals surface area contributed by atoms with Crippen LogP contribution in [0.5, 0.6) is 0 Å². The van der Waals surface area contributed by atoms with Crippen LogP contribution in [0.2, 0.25) is 0 Å². The van der Waals surface area contributed by atoms with E-state index in [0.29, 0.717) is 6.17 Å². The van der Waals surface area contributed by atoms with E-state index >= 15 is 0 Å². The van der Waals surface area contributed by atoms with E-state index in [0.717, 1.165) is 12.1 Å². The molecule has 0 aromatic heterocycles. The smallest absolute Gasteiger partial charge is 0.0942 e. The largest absolute Gasteiger partial charge is 0.387 e. The molecular weight excluding hydrogens is 224 g/mol. The molecule has 3 nitrogen and oxygen atoms in total. The molecule has 3 heteroatoms. The normalized spacial score (nSPS) is 24.4. The van der Waals surface area contributed by atoms with E-state index in [-0.39, 0.29) is 6.04 Å². The van der Waals surface area contributed by atoms with Crippen molar-refractivity contribution in [3.8, 4) is 0 Å². The highest BCUT2D eigenvalue weighted by molar-refractivity contribution is 5.18. The first-order valence-electron chi connectivity index (χ1n) is 6.76. The minimum absolute atomic E-state index is 0.123. The van der Waals surface area contributed by atoms with Gasteiger partial charge in [-0.15, -0.1) is 0 Å². The SMILES string of the molecule is C[C@H]([C@@H](O)c1ccccc1)N(C)[C@@H]1CCCN1C. The first-order chi connectivity index (χ1) is 8.61. The lowest BCUT2D eigenvalue weighted by molar-refractivity contribution is 0.0125. The Hall–Kier alpha value is -0.900. The van der Waals surface area contributed by atoms with Crippen molar-refractivity contribution in [2.45, 2.75) is 38.1 Å². The van der Waals surface area contributed by atoms with E-state index in [1.807, 2.05) is 30.3 Å². The molecule has 0 saturated carbocycles. The Balaban J connectivity index is 2.04. The second-order valence-corrected chi connectivity index (χ2v) is 5.37. The van der Waals surface area contributed by atoms with E-state index in [1.54, 1.807) is 0 Å². The van der Waals surface area contributed by atoms with E-state index < -0.39 is 6.10 Å². The molecule has 1 heterocycles. The van der Waals surface area contributed by atoms with Gasteiger partial charge in [0.2, 0.25) is 0 Å². The molecular formula is C15H24N2O. The molecule has 3 atom stereocenters. The van der Waals surface area contributed by atoms with Gasteiger partial charge in [-0.25, -0.2) is 0 Å². The van der Waals surface area contributed by atoms with Gasteiger partial charge in [-0.2, -0.15) is 0 Å². The zero-order valence-corrected chi connectivity index (χ0v) is 11.6. The minimum atomic E-state index is -0.426. The molecule has 1 fully saturated rings. The third-order valence-electron chi connectivity index (χ3n) is 4.19. The maximum absolute atomic E-state index is 10.4. The average molecular weight is 248 g/mol. The third kappa shape index (κ3) is 2.74. The molecule has 18 heavy (non-hydrogen) atoms. The molecule has 0 bridgehead atoms. The van der Waals surface area contributed by atoms with Gasteiger partial charge < -0.3 is 5.11 Å². The fourth-order valence-electron chi connectivity index (χ4n) is 2.83. The predicted molar refractivity (Wildman–Crippen MR) is 74.3 cm³/mol. The summed E-state index contributed by atoms with van der Waals surface area (Å²) in [6, 6.07) is 10.0. The van der Waals surface area contributed by atoms with Crippen molar-refractivity contribution in [1.82, 2.24) is 9.80 Å². The quantitative estimate of drug-likeness (QED) is 0.884. The monoisotopic (exact) mass is 248 g/mol. The van der Waals surface area contributed by atoms with Crippen molar-refractivity contribution in [1.29, 1.82) is 0 Å². The summed E-state index contributed by atoms with van der Waals surface area (Å²) in [5.41, 5.74) is 0.998. The number of benzene rings is 1. The summed E-state index contributed by atoms with van der Waals surface area (Å²) in [5, 5.41) is 10.4. The molecule has 0 aliphatic carbocycles. The molecule has 2 rings (SSSR count). The molecule has 1 aliphatic heterocycles. The Labute approximate surface area is 110 Å². The summed E-state index contributed by atoms with van der Waals surface area (Å²) in [7, 11) is 4.28. The van der Waals surface area contributed by atoms with E-state index in [4.69, 9.17) is 0 Å². The van der Waals surface area contributed by atoms with Crippen molar-refractivity contribution in [3.63, 3.8) is 0 Å². The number of likely N-dealkylation sites (tertiary alicyclic amines) is 1. The summed E-state index contributed by atoms with van der Waals surface area (Å²) >= 11 is 0. The molecule has 1 aromatic carbocycles. The van der Waals surface area contributed by atoms with Crippen LogP contribution in [0.25, 0.3) is 0 Å². The van der Waals surface area contributed by atoms with Gasteiger partial charge in [0.15, 0.2) is 0 Å². The Morgan fingerprint density at radius 3 is 2.56 bits per heavy atom. The predicted octanol–water partition coefficient (Wildman–Crippen LogP) is 2.09. The molecule has 1 N–H and O–H groups in total. The number of nitrogens with zero attached hydrogens (tertiary/aromatic N) is 2. The minimum Gasteiger partial charge on any atom is -0.387 e. The number of likely N-dealkylation sites (N-methyl/N-ethyl adjacent to an activating group) is 1. The summed E-state index contributed by atoms with van der Waals surface area (Å²) < 4.78 is 0. The molecule has 100 valence electrons. The van der Waals surface area contributed by atoms with E-state index in [2.05, 4.69) is 30.8 Å². The molecule has 0 amide bonds. The van der Waals surface area contributed by atoms with Crippen molar-refractivity contribution in [2.75, 3.05) is 20.6 Å². The molecule has 0 radical (unpaired) electrons. The third-order valence-corrected chi connectivity index (χ3v) is 4.19. The lowest BCUT2D eigenvalue weighted by Crippen LogP contribution is -2.47. The van der Waals surface area contributed by atoms with Gasteiger partial charge in [0.1, 0.15) is 0 Å². The summed E-state index contributed by atoms with van der Waals surface area (Å²) in [5.74, 6) is 0. The van der Waals surface area contributed by atoms with E-state index in [1.165, 1.54) is 12.8 Å². The van der Waals surface area contributed by atoms with Gasteiger partial charge in [0.25, 0.3) is 0 Å². The lowest BCUT2D eigenvalue weighted by atomic mass is 10.0. The maximum atomic E-state index is 10.4. The Kier molecular flexibility index (Phi) is 4.38. The van der Waals surface area contributed by atoms with Crippen molar-refractivity contribution in [3.05, 3.63) is 35.9 Å². The van der Waals surface area contributed by atoms with Crippen LogP contribution in [-0.4, -0.2) is 47.8 Å². The average Bonchev–Trinajstić information content (AvgIpc) is 2.83. The number of rotatable bonds is 4. The Morgan fingerprint density at radius 2 is 2.00 bits per heavy atom. The second kappa shape index (κ2) is 5.83. The summed E-state index contributed by atoms with van der Waals surface area (Å²) in [6.07, 6.45) is 2.47. The van der Waals surface area contributed by atoms with Gasteiger partial charge in [-0.3, -0.25) is 9.80 Å². The van der Waals surface area contributed by atoms with Crippen LogP contribution >= 0.6 is 0 Å². The number of aliphatic hydroxyl groups is 1. The van der Waals surface area contributed by atoms with Crippen LogP contribution < -0.4 is 0 Å². The molecule has 0 unspecified atom stereocenters. The summed E-state index contributed by atoms with van der Waals surface area (Å²) in [4.78, 5) is 4.67. The summed E-state index contributed by atoms with van der Waals surface area (Å²) in [6.45, 7) is 3.26. The molecule has 1 aromatic rings. The fraction of sp³-hybridized carbons (Fsp3) is 0.600. The van der Waals surface area contributed by atoms with Gasteiger partial charge in [0, 0.05) is 6.04 Å². The zero-order chi connectivity index (χ0) is 13.1. The number of aliphatic hydroxyl groups excluding tert-OH is 1. The highest BCUT2D eigenvalue weighted by Gasteiger charge is 2.30. The van der Waals surface area contributed by atoms with Gasteiger partial charge >= 0.3 is 0 Å². The van der Waals surface area contributed by atoms with Crippen LogP contribution in [0.15, 0.2) is 30.3 Å². The fourth-order valence-corrected chi connectivity index (χ4v) is 2.83. The highest BCUT2D eigenvalue weighted by Crippen LogP contribution is 2.25. The zero-order valence-electron chi connectivity index (χ0n) is 11.6.